The summed E-state index contributed by atoms with van der Waals surface area (Å²) in [5.41, 5.74) is 5.01. The van der Waals surface area contributed by atoms with Gasteiger partial charge in [0.05, 0.1) is 17.8 Å². The summed E-state index contributed by atoms with van der Waals surface area (Å²) < 4.78 is 52.5. The zero-order chi connectivity index (χ0) is 23.7. The minimum Gasteiger partial charge on any atom is -0.382 e. The number of nitriles is 1. The van der Waals surface area contributed by atoms with Crippen molar-refractivity contribution in [3.63, 3.8) is 0 Å². The third-order valence-electron chi connectivity index (χ3n) is 5.58. The molecule has 19 heteroatoms. The first-order valence-corrected chi connectivity index (χ1v) is 13.5. The van der Waals surface area contributed by atoms with Crippen LogP contribution in [0, 0.1) is 23.2 Å². The fourth-order valence-electron chi connectivity index (χ4n) is 4.29. The van der Waals surface area contributed by atoms with Gasteiger partial charge in [0.1, 0.15) is 18.5 Å². The van der Waals surface area contributed by atoms with Gasteiger partial charge in [0.25, 0.3) is 0 Å². The molecule has 0 amide bonds. The molecule has 3 heterocycles. The van der Waals surface area contributed by atoms with Crippen LogP contribution < -0.4 is 5.73 Å². The molecule has 0 aromatic heterocycles. The van der Waals surface area contributed by atoms with Crippen LogP contribution in [0.4, 0.5) is 0 Å². The summed E-state index contributed by atoms with van der Waals surface area (Å²) in [6.07, 6.45) is 1.49. The summed E-state index contributed by atoms with van der Waals surface area (Å²) in [5.74, 6) is -0.858. The Labute approximate surface area is 180 Å². The largest absolute Gasteiger partial charge is 0.490 e. The topological polar surface area (TPSA) is 247 Å². The van der Waals surface area contributed by atoms with Crippen molar-refractivity contribution < 1.29 is 51.2 Å². The van der Waals surface area contributed by atoms with E-state index in [1.165, 1.54) is 11.3 Å². The third-order valence-corrected chi connectivity index (χ3v) is 9.42. The molecule has 16 nitrogen and oxygen atoms in total. The number of amidine groups is 1. The average molecular weight is 513 g/mol. The summed E-state index contributed by atoms with van der Waals surface area (Å²) in [7, 11) is -16.4. The highest BCUT2D eigenvalue weighted by molar-refractivity contribution is 7.66. The molecule has 3 aliphatic heterocycles. The Morgan fingerprint density at radius 1 is 1.28 bits per heavy atom. The highest BCUT2D eigenvalue weighted by atomic mass is 31.3. The number of aliphatic imine (C=N–C) groups is 1. The van der Waals surface area contributed by atoms with E-state index in [0.29, 0.717) is 12.1 Å². The summed E-state index contributed by atoms with van der Waals surface area (Å²) in [6.45, 7) is 1.68. The maximum atomic E-state index is 12.1. The third kappa shape index (κ3) is 4.11. The molecule has 6 N–H and O–H groups in total. The number of nitrogens with two attached hydrogens (primary N) is 1. The van der Waals surface area contributed by atoms with Gasteiger partial charge in [0.2, 0.25) is 0 Å². The lowest BCUT2D eigenvalue weighted by atomic mass is 9.80. The van der Waals surface area contributed by atoms with Gasteiger partial charge in [-0.25, -0.2) is 18.7 Å². The Morgan fingerprint density at radius 3 is 2.53 bits per heavy atom. The first-order chi connectivity index (χ1) is 14.7. The van der Waals surface area contributed by atoms with Crippen molar-refractivity contribution in [3.05, 3.63) is 11.8 Å². The molecule has 0 bridgehead atoms. The first kappa shape index (κ1) is 23.7. The zero-order valence-corrected chi connectivity index (χ0v) is 18.8. The smallest absolute Gasteiger partial charge is 0.382 e. The van der Waals surface area contributed by atoms with E-state index in [2.05, 4.69) is 24.8 Å². The zero-order valence-electron chi connectivity index (χ0n) is 16.1. The second-order valence-corrected chi connectivity index (χ2v) is 11.8. The van der Waals surface area contributed by atoms with Gasteiger partial charge >= 0.3 is 23.5 Å². The molecule has 32 heavy (non-hydrogen) atoms. The van der Waals surface area contributed by atoms with Crippen molar-refractivity contribution >= 4 is 35.6 Å². The van der Waals surface area contributed by atoms with Gasteiger partial charge in [0.15, 0.2) is 11.4 Å². The molecule has 0 spiro atoms. The molecule has 1 aliphatic carbocycles. The number of rotatable bonds is 7. The summed E-state index contributed by atoms with van der Waals surface area (Å²) in [5, 5.41) is 15.6. The standard InChI is InChI=1S/C13H18N5O11P3/c1-6-9-10(11(9)27-31(22,23)29-32(24,25)28-30(19,20)21)26-13(6,4-14)8-3-2-7-12(15)16-5-17-18(7)8/h2,5-6,8-11H,3H2,1H3,(H,22,23)(H,24,25)(H2,15,16,17)(H2,19,20,21). The average Bonchev–Trinajstić information content (AvgIpc) is 2.97. The van der Waals surface area contributed by atoms with Crippen LogP contribution >= 0.6 is 23.5 Å². The molecule has 4 rings (SSSR count). The lowest BCUT2D eigenvalue weighted by Gasteiger charge is -2.39. The number of hydrazone groups is 1. The number of nitrogens with zero attached hydrogens (tertiary/aromatic N) is 4. The van der Waals surface area contributed by atoms with Gasteiger partial charge in [-0.1, -0.05) is 13.0 Å². The van der Waals surface area contributed by atoms with Crippen molar-refractivity contribution in [2.24, 2.45) is 27.7 Å². The van der Waals surface area contributed by atoms with Crippen LogP contribution in [-0.4, -0.2) is 60.6 Å². The number of hydrogen-bond donors (Lipinski definition) is 5. The first-order valence-electron chi connectivity index (χ1n) is 8.96. The molecule has 1 saturated heterocycles. The van der Waals surface area contributed by atoms with Crippen molar-refractivity contribution in [2.45, 2.75) is 37.2 Å². The van der Waals surface area contributed by atoms with Gasteiger partial charge < -0.3 is 30.0 Å². The van der Waals surface area contributed by atoms with Crippen molar-refractivity contribution in [2.75, 3.05) is 0 Å². The van der Waals surface area contributed by atoms with Crippen LogP contribution in [0.5, 0.6) is 0 Å². The van der Waals surface area contributed by atoms with Gasteiger partial charge in [0, 0.05) is 11.8 Å². The van der Waals surface area contributed by atoms with E-state index in [4.69, 9.17) is 24.8 Å². The van der Waals surface area contributed by atoms with E-state index in [1.807, 2.05) is 0 Å². The van der Waals surface area contributed by atoms with Gasteiger partial charge in [-0.15, -0.1) is 0 Å². The van der Waals surface area contributed by atoms with Gasteiger partial charge in [-0.05, 0) is 6.42 Å². The highest BCUT2D eigenvalue weighted by Crippen LogP contribution is 2.69. The quantitative estimate of drug-likeness (QED) is 0.279. The molecule has 0 aromatic carbocycles. The number of ether oxygens (including phenoxy) is 1. The van der Waals surface area contributed by atoms with E-state index in [9.17, 15) is 28.7 Å². The van der Waals surface area contributed by atoms with E-state index < -0.39 is 59.2 Å². The molecular formula is C13H18N5O11P3. The van der Waals surface area contributed by atoms with E-state index >= 15 is 0 Å². The Balaban J connectivity index is 1.44. The molecule has 8 atom stereocenters. The normalized spacial score (nSPS) is 39.2. The SMILES string of the molecule is CC1C2C(OC1(C#N)C1CC=C3C(N)=NC=NN31)C2OP(=O)(O)OP(=O)(O)OP(=O)(O)O. The second kappa shape index (κ2) is 7.53. The van der Waals surface area contributed by atoms with Crippen LogP contribution in [-0.2, 0) is 31.6 Å². The number of phosphoric acid groups is 3. The molecule has 2 fully saturated rings. The van der Waals surface area contributed by atoms with Gasteiger partial charge in [-0.3, -0.25) is 9.53 Å². The Bertz CT molecular complexity index is 1110. The summed E-state index contributed by atoms with van der Waals surface area (Å²) in [4.78, 5) is 40.1. The van der Waals surface area contributed by atoms with Crippen LogP contribution in [0.15, 0.2) is 21.9 Å². The fourth-order valence-corrected chi connectivity index (χ4v) is 7.52. The predicted molar refractivity (Wildman–Crippen MR) is 103 cm³/mol. The van der Waals surface area contributed by atoms with Crippen LogP contribution in [0.2, 0.25) is 0 Å². The molecular weight excluding hydrogens is 495 g/mol. The summed E-state index contributed by atoms with van der Waals surface area (Å²) in [6, 6.07) is 1.61. The fraction of sp³-hybridized carbons (Fsp3) is 0.615. The number of fused-ring (bicyclic) bond motifs is 2. The number of hydrogen-bond acceptors (Lipinski definition) is 12. The second-order valence-electron chi connectivity index (χ2n) is 7.45. The maximum absolute atomic E-state index is 12.1. The van der Waals surface area contributed by atoms with E-state index in [0.717, 1.165) is 0 Å². The van der Waals surface area contributed by atoms with Gasteiger partial charge in [-0.2, -0.15) is 19.0 Å². The van der Waals surface area contributed by atoms with Crippen molar-refractivity contribution in [1.82, 2.24) is 5.01 Å². The molecule has 0 radical (unpaired) electrons. The lowest BCUT2D eigenvalue weighted by Crippen LogP contribution is -2.54. The Kier molecular flexibility index (Phi) is 5.57. The molecule has 4 aliphatic rings. The minimum atomic E-state index is -5.63. The van der Waals surface area contributed by atoms with Crippen LogP contribution in [0.1, 0.15) is 13.3 Å². The molecule has 1 saturated carbocycles. The van der Waals surface area contributed by atoms with Crippen LogP contribution in [0.25, 0.3) is 0 Å². The highest BCUT2D eigenvalue weighted by Gasteiger charge is 2.73. The van der Waals surface area contributed by atoms with Crippen molar-refractivity contribution in [1.29, 1.82) is 5.26 Å². The molecule has 0 aromatic rings. The Morgan fingerprint density at radius 2 is 1.97 bits per heavy atom. The molecule has 176 valence electrons. The Hall–Kier alpha value is -1.46. The monoisotopic (exact) mass is 513 g/mol. The minimum absolute atomic E-state index is 0.233. The van der Waals surface area contributed by atoms with Crippen LogP contribution in [0.3, 0.4) is 0 Å². The molecule has 8 unspecified atom stereocenters. The number of phosphoric ester groups is 1. The van der Waals surface area contributed by atoms with E-state index in [-0.39, 0.29) is 5.84 Å². The van der Waals surface area contributed by atoms with E-state index in [1.54, 1.807) is 13.0 Å². The van der Waals surface area contributed by atoms with Crippen molar-refractivity contribution in [3.8, 4) is 6.07 Å². The lowest BCUT2D eigenvalue weighted by molar-refractivity contribution is -0.0757. The predicted octanol–water partition coefficient (Wildman–Crippen LogP) is -0.102. The summed E-state index contributed by atoms with van der Waals surface area (Å²) >= 11 is 0. The maximum Gasteiger partial charge on any atom is 0.490 e.